The van der Waals surface area contributed by atoms with E-state index >= 15 is 0 Å². The molecule has 1 heterocycles. The molecule has 1 aromatic carbocycles. The van der Waals surface area contributed by atoms with E-state index < -0.39 is 0 Å². The fraction of sp³-hybridized carbons (Fsp3) is 0.429. The van der Waals surface area contributed by atoms with Crippen LogP contribution in [0.1, 0.15) is 29.6 Å². The van der Waals surface area contributed by atoms with E-state index in [1.165, 1.54) is 0 Å². The minimum atomic E-state index is -0.106. The molecule has 0 atom stereocenters. The number of hydrogen-bond donors (Lipinski definition) is 1. The molecule has 4 nitrogen and oxygen atoms in total. The van der Waals surface area contributed by atoms with Crippen LogP contribution in [0.4, 0.5) is 0 Å². The Hall–Kier alpha value is -1.36. The van der Waals surface area contributed by atoms with Crippen LogP contribution in [0.25, 0.3) is 0 Å². The number of carbonyl (C=O) groups excluding carboxylic acids is 2. The van der Waals surface area contributed by atoms with Crippen LogP contribution in [0, 0.1) is 0 Å². The van der Waals surface area contributed by atoms with Crippen molar-refractivity contribution in [3.8, 4) is 0 Å². The fourth-order valence-corrected chi connectivity index (χ4v) is 2.53. The zero-order chi connectivity index (χ0) is 13.7. The van der Waals surface area contributed by atoms with Crippen LogP contribution in [0.5, 0.6) is 0 Å². The van der Waals surface area contributed by atoms with Gasteiger partial charge in [-0.25, -0.2) is 0 Å². The molecular weight excluding hydrogens is 308 g/mol. The van der Waals surface area contributed by atoms with E-state index in [2.05, 4.69) is 21.2 Å². The molecule has 19 heavy (non-hydrogen) atoms. The van der Waals surface area contributed by atoms with Crippen molar-refractivity contribution in [3.63, 3.8) is 0 Å². The zero-order valence-electron chi connectivity index (χ0n) is 10.7. The van der Waals surface area contributed by atoms with Gasteiger partial charge in [-0.3, -0.25) is 9.59 Å². The number of amides is 2. The first-order valence-corrected chi connectivity index (χ1v) is 7.27. The van der Waals surface area contributed by atoms with E-state index in [-0.39, 0.29) is 11.8 Å². The van der Waals surface area contributed by atoms with E-state index in [9.17, 15) is 9.59 Å². The lowest BCUT2D eigenvalue weighted by molar-refractivity contribution is -0.133. The van der Waals surface area contributed by atoms with Crippen molar-refractivity contribution >= 4 is 27.7 Å². The van der Waals surface area contributed by atoms with Gasteiger partial charge in [-0.2, -0.15) is 0 Å². The van der Waals surface area contributed by atoms with Crippen LogP contribution < -0.4 is 5.32 Å². The highest BCUT2D eigenvalue weighted by Crippen LogP contribution is 2.12. The Morgan fingerprint density at radius 2 is 2.21 bits per heavy atom. The number of rotatable bonds is 4. The molecule has 5 heteroatoms. The molecule has 1 fully saturated rings. The largest absolute Gasteiger partial charge is 0.350 e. The van der Waals surface area contributed by atoms with Gasteiger partial charge in [0.05, 0.1) is 0 Å². The molecule has 0 spiro atoms. The third kappa shape index (κ3) is 4.06. The molecular formula is C14H17BrN2O2. The molecule has 1 N–H and O–H groups in total. The van der Waals surface area contributed by atoms with Crippen LogP contribution in [-0.2, 0) is 4.79 Å². The van der Waals surface area contributed by atoms with Gasteiger partial charge < -0.3 is 10.2 Å². The van der Waals surface area contributed by atoms with Crippen LogP contribution in [-0.4, -0.2) is 36.3 Å². The number of likely N-dealkylation sites (tertiary alicyclic amines) is 1. The van der Waals surface area contributed by atoms with Crippen molar-refractivity contribution in [1.29, 1.82) is 0 Å². The quantitative estimate of drug-likeness (QED) is 0.923. The highest BCUT2D eigenvalue weighted by atomic mass is 79.9. The summed E-state index contributed by atoms with van der Waals surface area (Å²) in [6.45, 7) is 1.90. The molecule has 2 amide bonds. The zero-order valence-corrected chi connectivity index (χ0v) is 12.3. The summed E-state index contributed by atoms with van der Waals surface area (Å²) in [7, 11) is 0. The predicted molar refractivity (Wildman–Crippen MR) is 76.9 cm³/mol. The predicted octanol–water partition coefficient (Wildman–Crippen LogP) is 2.19. The fourth-order valence-electron chi connectivity index (χ4n) is 2.13. The highest BCUT2D eigenvalue weighted by molar-refractivity contribution is 9.10. The second-order valence-electron chi connectivity index (χ2n) is 4.60. The van der Waals surface area contributed by atoms with E-state index in [0.29, 0.717) is 25.1 Å². The van der Waals surface area contributed by atoms with Crippen molar-refractivity contribution in [2.75, 3.05) is 19.6 Å². The molecule has 0 aromatic heterocycles. The molecule has 1 saturated heterocycles. The Morgan fingerprint density at radius 1 is 1.37 bits per heavy atom. The van der Waals surface area contributed by atoms with Gasteiger partial charge >= 0.3 is 0 Å². The maximum Gasteiger partial charge on any atom is 0.251 e. The van der Waals surface area contributed by atoms with Crippen molar-refractivity contribution in [2.45, 2.75) is 19.3 Å². The molecule has 2 rings (SSSR count). The smallest absolute Gasteiger partial charge is 0.251 e. The maximum absolute atomic E-state index is 11.9. The molecule has 102 valence electrons. The van der Waals surface area contributed by atoms with Crippen LogP contribution in [0.3, 0.4) is 0 Å². The number of piperidine rings is 1. The Bertz CT molecular complexity index is 476. The summed E-state index contributed by atoms with van der Waals surface area (Å²) in [5.41, 5.74) is 0.624. The molecule has 0 aliphatic carbocycles. The summed E-state index contributed by atoms with van der Waals surface area (Å²) >= 11 is 3.34. The minimum Gasteiger partial charge on any atom is -0.350 e. The number of halogens is 1. The molecule has 0 radical (unpaired) electrons. The van der Waals surface area contributed by atoms with Crippen LogP contribution in [0.2, 0.25) is 0 Å². The monoisotopic (exact) mass is 324 g/mol. The summed E-state index contributed by atoms with van der Waals surface area (Å²) in [5.74, 6) is 0.0914. The molecule has 1 aliphatic heterocycles. The Morgan fingerprint density at radius 3 is 2.95 bits per heavy atom. The first-order valence-electron chi connectivity index (χ1n) is 6.48. The first-order chi connectivity index (χ1) is 9.16. The number of hydrogen-bond acceptors (Lipinski definition) is 2. The van der Waals surface area contributed by atoms with Crippen molar-refractivity contribution in [2.24, 2.45) is 0 Å². The number of benzene rings is 1. The second-order valence-corrected chi connectivity index (χ2v) is 5.52. The summed E-state index contributed by atoms with van der Waals surface area (Å²) in [5, 5.41) is 2.84. The average Bonchev–Trinajstić information content (AvgIpc) is 2.41. The molecule has 0 unspecified atom stereocenters. The van der Waals surface area contributed by atoms with Gasteiger partial charge in [-0.1, -0.05) is 22.0 Å². The second kappa shape index (κ2) is 6.70. The van der Waals surface area contributed by atoms with Gasteiger partial charge in [0.25, 0.3) is 5.91 Å². The molecule has 0 saturated carbocycles. The van der Waals surface area contributed by atoms with Gasteiger partial charge in [0.15, 0.2) is 0 Å². The van der Waals surface area contributed by atoms with E-state index in [4.69, 9.17) is 0 Å². The first kappa shape index (κ1) is 14.1. The van der Waals surface area contributed by atoms with E-state index in [0.717, 1.165) is 23.9 Å². The highest BCUT2D eigenvalue weighted by Gasteiger charge is 2.17. The standard InChI is InChI=1S/C14H17BrN2O2/c15-12-5-3-4-11(10-12)14(19)16-7-9-17-8-2-1-6-13(17)18/h3-5,10H,1-2,6-9H2,(H,16,19). The number of nitrogens with one attached hydrogen (secondary N) is 1. The van der Waals surface area contributed by atoms with Crippen molar-refractivity contribution in [3.05, 3.63) is 34.3 Å². The van der Waals surface area contributed by atoms with Gasteiger partial charge in [0.1, 0.15) is 0 Å². The Labute approximate surface area is 121 Å². The lowest BCUT2D eigenvalue weighted by Crippen LogP contribution is -2.41. The molecule has 0 bridgehead atoms. The molecule has 1 aromatic rings. The lowest BCUT2D eigenvalue weighted by atomic mass is 10.1. The van der Waals surface area contributed by atoms with Crippen LogP contribution in [0.15, 0.2) is 28.7 Å². The number of carbonyl (C=O) groups is 2. The van der Waals surface area contributed by atoms with E-state index in [1.807, 2.05) is 17.0 Å². The summed E-state index contributed by atoms with van der Waals surface area (Å²) in [6.07, 6.45) is 2.69. The van der Waals surface area contributed by atoms with Gasteiger partial charge in [0, 0.05) is 36.1 Å². The third-order valence-electron chi connectivity index (χ3n) is 3.18. The normalized spacial score (nSPS) is 15.4. The van der Waals surface area contributed by atoms with Gasteiger partial charge in [0.2, 0.25) is 5.91 Å². The van der Waals surface area contributed by atoms with E-state index in [1.54, 1.807) is 12.1 Å². The Balaban J connectivity index is 1.79. The minimum absolute atomic E-state index is 0.106. The van der Waals surface area contributed by atoms with Gasteiger partial charge in [-0.15, -0.1) is 0 Å². The summed E-state index contributed by atoms with van der Waals surface area (Å²) in [4.78, 5) is 25.3. The Kier molecular flexibility index (Phi) is 4.96. The van der Waals surface area contributed by atoms with Gasteiger partial charge in [-0.05, 0) is 31.0 Å². The summed E-state index contributed by atoms with van der Waals surface area (Å²) in [6, 6.07) is 7.25. The topological polar surface area (TPSA) is 49.4 Å². The average molecular weight is 325 g/mol. The maximum atomic E-state index is 11.9. The SMILES string of the molecule is O=C(NCCN1CCCCC1=O)c1cccc(Br)c1. The van der Waals surface area contributed by atoms with Crippen molar-refractivity contribution < 1.29 is 9.59 Å². The van der Waals surface area contributed by atoms with Crippen LogP contribution >= 0.6 is 15.9 Å². The van der Waals surface area contributed by atoms with Crippen molar-refractivity contribution in [1.82, 2.24) is 10.2 Å². The lowest BCUT2D eigenvalue weighted by Gasteiger charge is -2.26. The number of nitrogens with zero attached hydrogens (tertiary/aromatic N) is 1. The molecule has 1 aliphatic rings. The summed E-state index contributed by atoms with van der Waals surface area (Å²) < 4.78 is 0.881. The third-order valence-corrected chi connectivity index (χ3v) is 3.67.